The smallest absolute Gasteiger partial charge is 0.239 e. The Labute approximate surface area is 203 Å². The number of hydrazine groups is 3. The van der Waals surface area contributed by atoms with Crippen molar-refractivity contribution in [1.82, 2.24) is 32.2 Å². The van der Waals surface area contributed by atoms with E-state index in [2.05, 4.69) is 56.5 Å². The van der Waals surface area contributed by atoms with Crippen LogP contribution in [0.5, 0.6) is 0 Å². The maximum absolute atomic E-state index is 12.9. The van der Waals surface area contributed by atoms with Gasteiger partial charge < -0.3 is 5.32 Å². The van der Waals surface area contributed by atoms with Crippen molar-refractivity contribution in [3.8, 4) is 11.1 Å². The van der Waals surface area contributed by atoms with Crippen LogP contribution in [0.1, 0.15) is 36.1 Å². The average molecular weight is 498 g/mol. The third-order valence-electron chi connectivity index (χ3n) is 6.14. The number of sulfonamides is 1. The maximum atomic E-state index is 12.9. The summed E-state index contributed by atoms with van der Waals surface area (Å²) in [4.78, 5) is 5.54. The van der Waals surface area contributed by atoms with E-state index in [1.165, 1.54) is 17.3 Å². The van der Waals surface area contributed by atoms with Gasteiger partial charge in [0, 0.05) is 27.7 Å². The summed E-state index contributed by atoms with van der Waals surface area (Å²) in [5, 5.41) is 9.20. The zero-order chi connectivity index (χ0) is 23.5. The first-order valence-corrected chi connectivity index (χ1v) is 13.5. The van der Waals surface area contributed by atoms with Crippen LogP contribution in [0.25, 0.3) is 11.1 Å². The van der Waals surface area contributed by atoms with Crippen LogP contribution in [0.3, 0.4) is 0 Å². The van der Waals surface area contributed by atoms with Gasteiger partial charge >= 0.3 is 0 Å². The second-order valence-corrected chi connectivity index (χ2v) is 10.9. The molecule has 0 radical (unpaired) electrons. The minimum atomic E-state index is -4.06. The van der Waals surface area contributed by atoms with Crippen LogP contribution in [0.2, 0.25) is 0 Å². The van der Waals surface area contributed by atoms with Crippen LogP contribution in [0, 0.1) is 0 Å². The molecular weight excluding hydrogens is 470 g/mol. The molecule has 2 saturated heterocycles. The highest BCUT2D eigenvalue weighted by atomic mass is 32.2. The number of benzene rings is 2. The van der Waals surface area contributed by atoms with Crippen molar-refractivity contribution in [1.29, 1.82) is 0 Å². The summed E-state index contributed by atoms with van der Waals surface area (Å²) >= 11 is 1.34. The molecule has 2 aliphatic rings. The van der Waals surface area contributed by atoms with Crippen molar-refractivity contribution in [2.24, 2.45) is 5.14 Å². The third-order valence-corrected chi connectivity index (χ3v) is 8.34. The molecule has 0 atom stereocenters. The van der Waals surface area contributed by atoms with E-state index in [1.54, 1.807) is 12.4 Å². The lowest BCUT2D eigenvalue weighted by Crippen LogP contribution is -2.33. The molecule has 11 heteroatoms. The number of hydrogen-bond acceptors (Lipinski definition) is 9. The van der Waals surface area contributed by atoms with Crippen LogP contribution in [0.15, 0.2) is 75.6 Å². The van der Waals surface area contributed by atoms with E-state index in [9.17, 15) is 8.42 Å². The minimum absolute atomic E-state index is 0.0877. The lowest BCUT2D eigenvalue weighted by molar-refractivity contribution is 0.460. The molecule has 2 fully saturated rings. The van der Waals surface area contributed by atoms with Crippen molar-refractivity contribution in [2.75, 3.05) is 13.1 Å². The van der Waals surface area contributed by atoms with Gasteiger partial charge in [-0.25, -0.2) is 24.4 Å². The number of aromatic nitrogens is 1. The molecule has 3 aromatic rings. The van der Waals surface area contributed by atoms with Gasteiger partial charge in [-0.1, -0.05) is 42.1 Å². The number of hydrogen-bond donors (Lipinski definition) is 6. The molecule has 0 aliphatic carbocycles. The molecule has 1 aromatic heterocycles. The molecule has 0 bridgehead atoms. The molecular formula is C23H27N7O2S2. The Balaban J connectivity index is 1.61. The van der Waals surface area contributed by atoms with E-state index in [1.807, 2.05) is 24.3 Å². The Morgan fingerprint density at radius 1 is 0.912 bits per heavy atom. The fourth-order valence-corrected chi connectivity index (χ4v) is 6.72. The summed E-state index contributed by atoms with van der Waals surface area (Å²) in [7, 11) is -4.06. The van der Waals surface area contributed by atoms with E-state index in [0.717, 1.165) is 42.0 Å². The molecule has 178 valence electrons. The zero-order valence-corrected chi connectivity index (χ0v) is 20.0. The Kier molecular flexibility index (Phi) is 6.95. The average Bonchev–Trinajstić information content (AvgIpc) is 3.39. The van der Waals surface area contributed by atoms with Gasteiger partial charge in [-0.3, -0.25) is 4.98 Å². The number of pyridine rings is 1. The van der Waals surface area contributed by atoms with Crippen LogP contribution < -0.4 is 32.4 Å². The first-order valence-electron chi connectivity index (χ1n) is 11.1. The molecule has 9 nitrogen and oxygen atoms in total. The molecule has 3 heterocycles. The highest BCUT2D eigenvalue weighted by molar-refractivity contribution is 8.00. The molecule has 5 rings (SSSR count). The van der Waals surface area contributed by atoms with E-state index < -0.39 is 16.2 Å². The van der Waals surface area contributed by atoms with Crippen LogP contribution in [-0.4, -0.2) is 26.5 Å². The zero-order valence-electron chi connectivity index (χ0n) is 18.4. The summed E-state index contributed by atoms with van der Waals surface area (Å²) in [6.07, 6.45) is 5.06. The van der Waals surface area contributed by atoms with Crippen LogP contribution in [0.4, 0.5) is 0 Å². The maximum Gasteiger partial charge on any atom is 0.239 e. The topological polar surface area (TPSA) is 133 Å². The molecule has 0 unspecified atom stereocenters. The van der Waals surface area contributed by atoms with Crippen molar-refractivity contribution in [3.05, 3.63) is 72.1 Å². The Hall–Kier alpha value is -2.35. The fourth-order valence-electron chi connectivity index (χ4n) is 4.51. The first kappa shape index (κ1) is 23.4. The lowest BCUT2D eigenvalue weighted by atomic mass is 9.88. The van der Waals surface area contributed by atoms with E-state index in [-0.39, 0.29) is 4.90 Å². The van der Waals surface area contributed by atoms with Crippen LogP contribution in [-0.2, 0) is 10.0 Å². The molecule has 0 amide bonds. The second-order valence-electron chi connectivity index (χ2n) is 8.30. The predicted octanol–water partition coefficient (Wildman–Crippen LogP) is 2.13. The molecule has 2 aromatic carbocycles. The Morgan fingerprint density at radius 3 is 2.24 bits per heavy atom. The number of rotatable bonds is 6. The molecule has 0 saturated carbocycles. The summed E-state index contributed by atoms with van der Waals surface area (Å²) < 4.78 is 25.8. The number of primary sulfonamides is 1. The first-order chi connectivity index (χ1) is 16.5. The minimum Gasteiger partial charge on any atom is -0.317 e. The second kappa shape index (κ2) is 10.1. The van der Waals surface area contributed by atoms with Crippen molar-refractivity contribution in [3.63, 3.8) is 0 Å². The predicted molar refractivity (Wildman–Crippen MR) is 132 cm³/mol. The quantitative estimate of drug-likeness (QED) is 0.303. The van der Waals surface area contributed by atoms with Crippen molar-refractivity contribution in [2.45, 2.75) is 39.6 Å². The Bertz CT molecular complexity index is 1240. The highest BCUT2D eigenvalue weighted by Gasteiger charge is 2.30. The molecule has 0 spiro atoms. The number of nitrogens with one attached hydrogen (secondary N) is 5. The Morgan fingerprint density at radius 2 is 1.59 bits per heavy atom. The molecule has 2 aliphatic heterocycles. The fraction of sp³-hybridized carbons (Fsp3) is 0.261. The van der Waals surface area contributed by atoms with Gasteiger partial charge in [-0.15, -0.1) is 0 Å². The monoisotopic (exact) mass is 497 g/mol. The van der Waals surface area contributed by atoms with Crippen molar-refractivity contribution >= 4 is 21.8 Å². The molecule has 34 heavy (non-hydrogen) atoms. The largest absolute Gasteiger partial charge is 0.317 e. The van der Waals surface area contributed by atoms with E-state index >= 15 is 0 Å². The van der Waals surface area contributed by atoms with Gasteiger partial charge in [0.2, 0.25) is 10.0 Å². The normalized spacial score (nSPS) is 17.8. The van der Waals surface area contributed by atoms with Gasteiger partial charge in [0.15, 0.2) is 0 Å². The summed E-state index contributed by atoms with van der Waals surface area (Å²) in [5.74, 6) is 0.542. The molecule has 7 N–H and O–H groups in total. The lowest BCUT2D eigenvalue weighted by Gasteiger charge is -2.24. The third kappa shape index (κ3) is 5.02. The van der Waals surface area contributed by atoms with Crippen LogP contribution >= 0.6 is 11.8 Å². The van der Waals surface area contributed by atoms with Gasteiger partial charge in [0.05, 0.1) is 0 Å². The standard InChI is InChI=1S/C23H27N7O2S2/c24-34(31,32)22-20(33-18-9-13-26-14-10-18)6-5-19(21(22)23-27-29-30-28-23)17-3-1-15(2-4-17)16-7-11-25-12-8-16/h1-6,9-10,13-14,16,23,25,27-30H,7-8,11-12H2,(H2,24,31,32). The highest BCUT2D eigenvalue weighted by Crippen LogP contribution is 2.41. The van der Waals surface area contributed by atoms with E-state index in [0.29, 0.717) is 16.4 Å². The number of piperidine rings is 1. The van der Waals surface area contributed by atoms with Gasteiger partial charge in [0.25, 0.3) is 0 Å². The van der Waals surface area contributed by atoms with Gasteiger partial charge in [-0.2, -0.15) is 11.1 Å². The number of nitrogens with two attached hydrogens (primary N) is 1. The summed E-state index contributed by atoms with van der Waals surface area (Å²) in [5.41, 5.74) is 15.2. The summed E-state index contributed by atoms with van der Waals surface area (Å²) in [6, 6.07) is 15.9. The summed E-state index contributed by atoms with van der Waals surface area (Å²) in [6.45, 7) is 2.06. The van der Waals surface area contributed by atoms with E-state index in [4.69, 9.17) is 5.14 Å². The SMILES string of the molecule is NS(=O)(=O)c1c(Sc2ccncc2)ccc(-c2ccc(C3CCNCC3)cc2)c1C1NNNN1. The van der Waals surface area contributed by atoms with Crippen molar-refractivity contribution < 1.29 is 8.42 Å². The number of nitrogens with zero attached hydrogens (tertiary/aromatic N) is 1. The van der Waals surface area contributed by atoms with Gasteiger partial charge in [0.1, 0.15) is 11.1 Å². The van der Waals surface area contributed by atoms with Gasteiger partial charge in [-0.05, 0) is 66.7 Å².